The second-order valence-corrected chi connectivity index (χ2v) is 6.33. The first-order chi connectivity index (χ1) is 11.2. The molecule has 1 aliphatic heterocycles. The molecule has 3 rings (SSSR count). The van der Waals surface area contributed by atoms with Gasteiger partial charge in [0.25, 0.3) is 0 Å². The van der Waals surface area contributed by atoms with Gasteiger partial charge in [-0.25, -0.2) is 0 Å². The fraction of sp³-hybridized carbons (Fsp3) is 0.375. The van der Waals surface area contributed by atoms with Crippen molar-refractivity contribution in [2.45, 2.75) is 18.9 Å². The summed E-state index contributed by atoms with van der Waals surface area (Å²) in [5, 5.41) is 10.4. The van der Waals surface area contributed by atoms with Crippen LogP contribution in [0.25, 0.3) is 0 Å². The molecule has 1 saturated heterocycles. The predicted octanol–water partition coefficient (Wildman–Crippen LogP) is 4.03. The second-order valence-electron chi connectivity index (χ2n) is 5.22. The molecule has 7 heteroatoms. The first kappa shape index (κ1) is 15.9. The van der Waals surface area contributed by atoms with E-state index < -0.39 is 0 Å². The highest BCUT2D eigenvalue weighted by molar-refractivity contribution is 7.10. The maximum Gasteiger partial charge on any atom is 0.162 e. The van der Waals surface area contributed by atoms with Crippen molar-refractivity contribution < 1.29 is 9.47 Å². The molecule has 0 spiro atoms. The van der Waals surface area contributed by atoms with Gasteiger partial charge in [0.15, 0.2) is 5.15 Å². The molecule has 2 heterocycles. The Morgan fingerprint density at radius 3 is 2.91 bits per heavy atom. The summed E-state index contributed by atoms with van der Waals surface area (Å²) in [5.41, 5.74) is 1.54. The molecule has 0 amide bonds. The van der Waals surface area contributed by atoms with Crippen LogP contribution in [0.2, 0.25) is 5.15 Å². The van der Waals surface area contributed by atoms with Gasteiger partial charge in [-0.15, -0.1) is 0 Å². The van der Waals surface area contributed by atoms with Crippen LogP contribution in [-0.2, 0) is 0 Å². The van der Waals surface area contributed by atoms with Gasteiger partial charge in [0.2, 0.25) is 0 Å². The third kappa shape index (κ3) is 2.82. The maximum atomic E-state index is 9.34. The molecule has 1 unspecified atom stereocenters. The van der Waals surface area contributed by atoms with Gasteiger partial charge in [-0.05, 0) is 36.5 Å². The topological polar surface area (TPSA) is 58.4 Å². The van der Waals surface area contributed by atoms with E-state index >= 15 is 0 Å². The van der Waals surface area contributed by atoms with Crippen molar-refractivity contribution >= 4 is 28.1 Å². The molecule has 1 atom stereocenters. The Morgan fingerprint density at radius 2 is 2.22 bits per heavy atom. The number of anilines is 1. The zero-order valence-electron chi connectivity index (χ0n) is 12.9. The molecular formula is C16H16ClN3O2S. The van der Waals surface area contributed by atoms with Crippen LogP contribution in [0.15, 0.2) is 18.2 Å². The Hall–Kier alpha value is -1.97. The minimum absolute atomic E-state index is 0.138. The number of methoxy groups -OCH3 is 2. The van der Waals surface area contributed by atoms with E-state index in [1.807, 2.05) is 18.2 Å². The number of ether oxygens (including phenoxy) is 2. The van der Waals surface area contributed by atoms with Gasteiger partial charge >= 0.3 is 0 Å². The number of hydrogen-bond donors (Lipinski definition) is 0. The highest BCUT2D eigenvalue weighted by Crippen LogP contribution is 2.44. The summed E-state index contributed by atoms with van der Waals surface area (Å²) in [4.78, 5) is 2.20. The highest BCUT2D eigenvalue weighted by Gasteiger charge is 2.32. The Kier molecular flexibility index (Phi) is 4.60. The van der Waals surface area contributed by atoms with Crippen LogP contribution >= 0.6 is 23.1 Å². The lowest BCUT2D eigenvalue weighted by atomic mass is 10.0. The molecule has 0 aliphatic carbocycles. The molecule has 0 saturated carbocycles. The van der Waals surface area contributed by atoms with Crippen LogP contribution < -0.4 is 14.4 Å². The van der Waals surface area contributed by atoms with Crippen molar-refractivity contribution in [2.75, 3.05) is 25.7 Å². The highest BCUT2D eigenvalue weighted by atomic mass is 35.5. The third-order valence-electron chi connectivity index (χ3n) is 4.06. The average molecular weight is 350 g/mol. The van der Waals surface area contributed by atoms with Crippen LogP contribution in [0.3, 0.4) is 0 Å². The molecular weight excluding hydrogens is 334 g/mol. The number of rotatable bonds is 4. The maximum absolute atomic E-state index is 9.34. The second kappa shape index (κ2) is 6.65. The molecule has 0 N–H and O–H groups in total. The summed E-state index contributed by atoms with van der Waals surface area (Å²) in [6.45, 7) is 0.868. The van der Waals surface area contributed by atoms with E-state index in [1.165, 1.54) is 11.5 Å². The van der Waals surface area contributed by atoms with E-state index in [2.05, 4.69) is 15.3 Å². The molecule has 0 radical (unpaired) electrons. The average Bonchev–Trinajstić information content (AvgIpc) is 3.19. The molecule has 1 aliphatic rings. The van der Waals surface area contributed by atoms with E-state index in [0.717, 1.165) is 41.4 Å². The summed E-state index contributed by atoms with van der Waals surface area (Å²) in [6.07, 6.45) is 2.03. The third-order valence-corrected chi connectivity index (χ3v) is 5.32. The lowest BCUT2D eigenvalue weighted by molar-refractivity contribution is 0.388. The first-order valence-corrected chi connectivity index (χ1v) is 8.38. The Bertz CT molecular complexity index is 756. The van der Waals surface area contributed by atoms with Gasteiger partial charge in [0, 0.05) is 18.2 Å². The normalized spacial score (nSPS) is 17.1. The van der Waals surface area contributed by atoms with Crippen LogP contribution in [0.4, 0.5) is 5.00 Å². The van der Waals surface area contributed by atoms with Crippen molar-refractivity contribution in [1.82, 2.24) is 4.37 Å². The lowest BCUT2D eigenvalue weighted by Crippen LogP contribution is -2.22. The van der Waals surface area contributed by atoms with E-state index in [0.29, 0.717) is 5.56 Å². The first-order valence-electron chi connectivity index (χ1n) is 7.23. The van der Waals surface area contributed by atoms with Crippen molar-refractivity contribution in [3.63, 3.8) is 0 Å². The van der Waals surface area contributed by atoms with E-state index in [4.69, 9.17) is 21.1 Å². The molecule has 1 fully saturated rings. The summed E-state index contributed by atoms with van der Waals surface area (Å²) in [7, 11) is 3.29. The number of nitrogens with zero attached hydrogens (tertiary/aromatic N) is 3. The summed E-state index contributed by atoms with van der Waals surface area (Å²) < 4.78 is 14.9. The fourth-order valence-electron chi connectivity index (χ4n) is 2.98. The van der Waals surface area contributed by atoms with Crippen molar-refractivity contribution in [3.05, 3.63) is 34.5 Å². The quantitative estimate of drug-likeness (QED) is 0.834. The summed E-state index contributed by atoms with van der Waals surface area (Å²) in [5.74, 6) is 1.55. The fourth-order valence-corrected chi connectivity index (χ4v) is 4.09. The smallest absolute Gasteiger partial charge is 0.162 e. The Morgan fingerprint density at radius 1 is 1.39 bits per heavy atom. The minimum Gasteiger partial charge on any atom is -0.497 e. The standard InChI is InChI=1S/C16H16ClN3O2S/c1-21-10-5-6-11(14(8-10)22-2)13-4-3-7-20(13)16-12(9-18)15(17)19-23-16/h5-6,8,13H,3-4,7H2,1-2H3. The van der Waals surface area contributed by atoms with Gasteiger partial charge in [-0.3, -0.25) is 0 Å². The molecule has 1 aromatic carbocycles. The largest absolute Gasteiger partial charge is 0.497 e. The summed E-state index contributed by atoms with van der Waals surface area (Å²) in [6, 6.07) is 8.14. The van der Waals surface area contributed by atoms with Crippen molar-refractivity contribution in [2.24, 2.45) is 0 Å². The number of benzene rings is 1. The van der Waals surface area contributed by atoms with Gasteiger partial charge in [-0.1, -0.05) is 11.6 Å². The summed E-state index contributed by atoms with van der Waals surface area (Å²) >= 11 is 7.30. The number of nitriles is 1. The van der Waals surface area contributed by atoms with Crippen LogP contribution in [-0.4, -0.2) is 25.1 Å². The molecule has 1 aromatic heterocycles. The monoisotopic (exact) mass is 349 g/mol. The zero-order valence-corrected chi connectivity index (χ0v) is 14.4. The van der Waals surface area contributed by atoms with Crippen LogP contribution in [0.1, 0.15) is 30.0 Å². The molecule has 23 heavy (non-hydrogen) atoms. The van der Waals surface area contributed by atoms with Crippen molar-refractivity contribution in [3.8, 4) is 17.6 Å². The number of aromatic nitrogens is 1. The van der Waals surface area contributed by atoms with Crippen LogP contribution in [0, 0.1) is 11.3 Å². The van der Waals surface area contributed by atoms with E-state index in [-0.39, 0.29) is 11.2 Å². The minimum atomic E-state index is 0.138. The SMILES string of the molecule is COc1ccc(C2CCCN2c2snc(Cl)c2C#N)c(OC)c1. The molecule has 5 nitrogen and oxygen atoms in total. The lowest BCUT2D eigenvalue weighted by Gasteiger charge is -2.27. The van der Waals surface area contributed by atoms with E-state index in [9.17, 15) is 5.26 Å². The van der Waals surface area contributed by atoms with Gasteiger partial charge in [0.1, 0.15) is 28.1 Å². The Balaban J connectivity index is 2.01. The number of halogens is 1. The molecule has 2 aromatic rings. The van der Waals surface area contributed by atoms with Crippen LogP contribution in [0.5, 0.6) is 11.5 Å². The predicted molar refractivity (Wildman–Crippen MR) is 90.7 cm³/mol. The molecule has 120 valence electrons. The van der Waals surface area contributed by atoms with E-state index in [1.54, 1.807) is 14.2 Å². The number of hydrogen-bond acceptors (Lipinski definition) is 6. The van der Waals surface area contributed by atoms with Gasteiger partial charge in [-0.2, -0.15) is 9.64 Å². The molecule has 0 bridgehead atoms. The Labute approximate surface area is 144 Å². The van der Waals surface area contributed by atoms with Gasteiger partial charge in [0.05, 0.1) is 20.3 Å². The van der Waals surface area contributed by atoms with Crippen molar-refractivity contribution in [1.29, 1.82) is 5.26 Å². The van der Waals surface area contributed by atoms with Gasteiger partial charge < -0.3 is 14.4 Å². The zero-order chi connectivity index (χ0) is 16.4.